The summed E-state index contributed by atoms with van der Waals surface area (Å²) in [6.45, 7) is 0.314. The molecule has 4 N–H and O–H groups in total. The maximum Gasteiger partial charge on any atom is 0.488 e. The summed E-state index contributed by atoms with van der Waals surface area (Å²) in [6.07, 6.45) is -0.497. The maximum absolute atomic E-state index is 10.1. The molecule has 6 aromatic rings. The number of hydrogen-bond donors (Lipinski definition) is 4. The van der Waals surface area contributed by atoms with E-state index in [1.165, 1.54) is 7.11 Å². The van der Waals surface area contributed by atoms with Gasteiger partial charge in [0.1, 0.15) is 35.9 Å². The van der Waals surface area contributed by atoms with Crippen LogP contribution >= 0.6 is 0 Å². The second-order valence-electron chi connectivity index (χ2n) is 10.8. The number of benzene rings is 5. The van der Waals surface area contributed by atoms with Crippen molar-refractivity contribution in [3.8, 4) is 34.1 Å². The quantitative estimate of drug-likeness (QED) is 0.193. The number of ether oxygens (including phenoxy) is 4. The summed E-state index contributed by atoms with van der Waals surface area (Å²) in [5.41, 5.74) is 4.79. The van der Waals surface area contributed by atoms with Crippen LogP contribution in [0.3, 0.4) is 0 Å². The highest BCUT2D eigenvalue weighted by atomic mass is 16.6. The molecular formula is C34H28B2O9. The van der Waals surface area contributed by atoms with Crippen molar-refractivity contribution < 1.29 is 43.5 Å². The zero-order valence-corrected chi connectivity index (χ0v) is 24.2. The fraction of sp³-hybridized carbons (Fsp3) is 0.118. The molecule has 7 rings (SSSR count). The normalized spacial score (nSPS) is 14.0. The maximum atomic E-state index is 10.1. The average Bonchev–Trinajstić information content (AvgIpc) is 3.43. The lowest BCUT2D eigenvalue weighted by molar-refractivity contribution is 0.0911. The Morgan fingerprint density at radius 2 is 1.47 bits per heavy atom. The lowest BCUT2D eigenvalue weighted by Crippen LogP contribution is -2.31. The molecule has 1 aromatic heterocycles. The molecule has 5 aromatic carbocycles. The highest BCUT2D eigenvalue weighted by molar-refractivity contribution is 6.59. The zero-order chi connectivity index (χ0) is 31.1. The number of methoxy groups -OCH3 is 1. The summed E-state index contributed by atoms with van der Waals surface area (Å²) in [5.74, 6) is 2.10. The first-order valence-corrected chi connectivity index (χ1v) is 14.4. The van der Waals surface area contributed by atoms with E-state index in [1.54, 1.807) is 30.3 Å². The van der Waals surface area contributed by atoms with Crippen molar-refractivity contribution in [2.24, 2.45) is 0 Å². The summed E-state index contributed by atoms with van der Waals surface area (Å²) in [4.78, 5) is 0. The lowest BCUT2D eigenvalue weighted by atomic mass is 9.78. The zero-order valence-electron chi connectivity index (χ0n) is 24.2. The SMILES string of the molecule is COc1cc(B(O)O)cc(-c2cc3c(cc2COc2cc(B(O)O)cc(C4COc5ccccc5O4)c2)oc2ccccc23)c1. The van der Waals surface area contributed by atoms with Gasteiger partial charge in [0, 0.05) is 16.3 Å². The van der Waals surface area contributed by atoms with Gasteiger partial charge in [-0.1, -0.05) is 42.5 Å². The summed E-state index contributed by atoms with van der Waals surface area (Å²) in [6, 6.07) is 29.1. The van der Waals surface area contributed by atoms with Crippen LogP contribution in [-0.4, -0.2) is 48.0 Å². The minimum Gasteiger partial charge on any atom is -0.497 e. The fourth-order valence-electron chi connectivity index (χ4n) is 5.66. The predicted molar refractivity (Wildman–Crippen MR) is 171 cm³/mol. The van der Waals surface area contributed by atoms with Gasteiger partial charge in [0.2, 0.25) is 0 Å². The Labute approximate surface area is 259 Å². The van der Waals surface area contributed by atoms with Gasteiger partial charge in [0.15, 0.2) is 17.6 Å². The molecule has 0 aliphatic carbocycles. The molecule has 1 aliphatic heterocycles. The van der Waals surface area contributed by atoms with E-state index in [9.17, 15) is 20.1 Å². The van der Waals surface area contributed by atoms with Crippen molar-refractivity contribution in [3.05, 3.63) is 108 Å². The van der Waals surface area contributed by atoms with Crippen LogP contribution in [0, 0.1) is 0 Å². The Kier molecular flexibility index (Phi) is 7.60. The van der Waals surface area contributed by atoms with Crippen LogP contribution in [0.15, 0.2) is 101 Å². The molecule has 0 radical (unpaired) electrons. The first kappa shape index (κ1) is 28.8. The Morgan fingerprint density at radius 3 is 2.27 bits per heavy atom. The minimum atomic E-state index is -1.73. The molecule has 11 heteroatoms. The second-order valence-corrected chi connectivity index (χ2v) is 10.8. The number of hydrogen-bond acceptors (Lipinski definition) is 9. The van der Waals surface area contributed by atoms with E-state index in [1.807, 2.05) is 66.7 Å². The molecule has 2 heterocycles. The van der Waals surface area contributed by atoms with Gasteiger partial charge in [-0.25, -0.2) is 0 Å². The molecule has 0 fully saturated rings. The van der Waals surface area contributed by atoms with Gasteiger partial charge in [-0.15, -0.1) is 0 Å². The second kappa shape index (κ2) is 11.9. The lowest BCUT2D eigenvalue weighted by Gasteiger charge is -2.27. The van der Waals surface area contributed by atoms with Gasteiger partial charge >= 0.3 is 14.2 Å². The highest BCUT2D eigenvalue weighted by Gasteiger charge is 2.25. The molecule has 1 unspecified atom stereocenters. The van der Waals surface area contributed by atoms with E-state index >= 15 is 0 Å². The van der Waals surface area contributed by atoms with Crippen LogP contribution in [0.25, 0.3) is 33.1 Å². The number of furan rings is 1. The third-order valence-corrected chi connectivity index (χ3v) is 7.90. The van der Waals surface area contributed by atoms with E-state index in [4.69, 9.17) is 23.4 Å². The van der Waals surface area contributed by atoms with Crippen molar-refractivity contribution in [1.82, 2.24) is 0 Å². The van der Waals surface area contributed by atoms with Crippen molar-refractivity contribution in [2.45, 2.75) is 12.7 Å². The van der Waals surface area contributed by atoms with Crippen LogP contribution in [0.4, 0.5) is 0 Å². The van der Waals surface area contributed by atoms with Crippen LogP contribution in [0.1, 0.15) is 17.2 Å². The Morgan fingerprint density at radius 1 is 0.733 bits per heavy atom. The van der Waals surface area contributed by atoms with Gasteiger partial charge in [0.25, 0.3) is 0 Å². The van der Waals surface area contributed by atoms with Gasteiger partial charge in [-0.3, -0.25) is 0 Å². The van der Waals surface area contributed by atoms with Crippen molar-refractivity contribution in [1.29, 1.82) is 0 Å². The van der Waals surface area contributed by atoms with Crippen LogP contribution in [-0.2, 0) is 6.61 Å². The molecule has 0 amide bonds. The fourth-order valence-corrected chi connectivity index (χ4v) is 5.66. The molecule has 1 atom stereocenters. The Bertz CT molecular complexity index is 2020. The van der Waals surface area contributed by atoms with Crippen molar-refractivity contribution in [2.75, 3.05) is 13.7 Å². The van der Waals surface area contributed by atoms with E-state index in [2.05, 4.69) is 0 Å². The monoisotopic (exact) mass is 602 g/mol. The first-order valence-electron chi connectivity index (χ1n) is 14.4. The smallest absolute Gasteiger partial charge is 0.488 e. The molecule has 0 saturated carbocycles. The van der Waals surface area contributed by atoms with E-state index < -0.39 is 20.3 Å². The largest absolute Gasteiger partial charge is 0.497 e. The molecule has 9 nitrogen and oxygen atoms in total. The first-order chi connectivity index (χ1) is 21.9. The van der Waals surface area contributed by atoms with Gasteiger partial charge in [-0.2, -0.15) is 0 Å². The summed E-state index contributed by atoms with van der Waals surface area (Å²) >= 11 is 0. The van der Waals surface area contributed by atoms with Gasteiger partial charge < -0.3 is 43.5 Å². The predicted octanol–water partition coefficient (Wildman–Crippen LogP) is 3.71. The van der Waals surface area contributed by atoms with Crippen molar-refractivity contribution >= 4 is 47.1 Å². The van der Waals surface area contributed by atoms with E-state index in [0.717, 1.165) is 27.5 Å². The van der Waals surface area contributed by atoms with E-state index in [0.29, 0.717) is 39.7 Å². The van der Waals surface area contributed by atoms with Gasteiger partial charge in [-0.05, 0) is 82.2 Å². The van der Waals surface area contributed by atoms with Crippen LogP contribution < -0.4 is 29.9 Å². The molecule has 224 valence electrons. The third kappa shape index (κ3) is 5.70. The Balaban J connectivity index is 1.28. The summed E-state index contributed by atoms with van der Waals surface area (Å²) < 4.78 is 30.0. The molecular weight excluding hydrogens is 574 g/mol. The summed E-state index contributed by atoms with van der Waals surface area (Å²) in [5, 5.41) is 41.9. The van der Waals surface area contributed by atoms with Crippen molar-refractivity contribution in [3.63, 3.8) is 0 Å². The molecule has 0 spiro atoms. The number of para-hydroxylation sites is 3. The van der Waals surface area contributed by atoms with Crippen LogP contribution in [0.2, 0.25) is 0 Å². The van der Waals surface area contributed by atoms with Gasteiger partial charge in [0.05, 0.1) is 7.11 Å². The topological polar surface area (TPSA) is 131 Å². The number of rotatable bonds is 8. The molecule has 1 aliphatic rings. The standard InChI is InChI=1S/C34H28B2O9/c1-41-25-12-20(10-23(15-25)35(37)38)28-17-29-27-6-2-3-7-30(27)44-33(29)14-22(28)18-42-26-13-21(11-24(16-26)36(39)40)34-19-43-31-8-4-5-9-32(31)45-34/h2-17,34,37-40H,18-19H2,1H3. The molecule has 0 saturated heterocycles. The van der Waals surface area contributed by atoms with Crippen LogP contribution in [0.5, 0.6) is 23.0 Å². The molecule has 45 heavy (non-hydrogen) atoms. The highest BCUT2D eigenvalue weighted by Crippen LogP contribution is 2.38. The Hall–Kier alpha value is -4.93. The minimum absolute atomic E-state index is 0.0752. The van der Waals surface area contributed by atoms with E-state index in [-0.39, 0.29) is 24.1 Å². The summed E-state index contributed by atoms with van der Waals surface area (Å²) in [7, 11) is -1.91. The molecule has 0 bridgehead atoms. The number of fused-ring (bicyclic) bond motifs is 4. The third-order valence-electron chi connectivity index (χ3n) is 7.90. The average molecular weight is 602 g/mol.